The Morgan fingerprint density at radius 2 is 1.38 bits per heavy atom. The minimum Gasteiger partial charge on any atom is -0.388 e. The fourth-order valence-corrected chi connectivity index (χ4v) is 1.28. The third kappa shape index (κ3) is 8.22. The molecule has 0 saturated carbocycles. The zero-order valence-corrected chi connectivity index (χ0v) is 8.45. The van der Waals surface area contributed by atoms with Gasteiger partial charge in [0.25, 0.3) is 0 Å². The summed E-state index contributed by atoms with van der Waals surface area (Å²) in [5.41, 5.74) is 0. The average Bonchev–Trinajstić information content (AvgIpc) is 2.10. The topological polar surface area (TPSA) is 60.7 Å². The van der Waals surface area contributed by atoms with Crippen molar-refractivity contribution in [2.24, 2.45) is 0 Å². The Balaban J connectivity index is 3.07. The maximum Gasteiger partial charge on any atom is 0.178 e. The Bertz CT molecular complexity index is 104. The van der Waals surface area contributed by atoms with Crippen LogP contribution in [0.1, 0.15) is 51.9 Å². The van der Waals surface area contributed by atoms with Gasteiger partial charge in [0.15, 0.2) is 6.29 Å². The molecule has 0 bridgehead atoms. The molecule has 1 unspecified atom stereocenters. The predicted octanol–water partition coefficient (Wildman–Crippen LogP) is 1.41. The van der Waals surface area contributed by atoms with Crippen LogP contribution in [0.25, 0.3) is 0 Å². The standard InChI is InChI=1S/C10H22O3/c1-2-3-4-5-6-7-8-9(11)10(12)13/h9-13H,2-8H2,1H3. The van der Waals surface area contributed by atoms with E-state index in [0.717, 1.165) is 12.8 Å². The molecule has 0 amide bonds. The van der Waals surface area contributed by atoms with Crippen molar-refractivity contribution in [2.45, 2.75) is 64.3 Å². The molecule has 1 atom stereocenters. The molecule has 0 aromatic heterocycles. The predicted molar refractivity (Wildman–Crippen MR) is 52.2 cm³/mol. The molecular weight excluding hydrogens is 168 g/mol. The van der Waals surface area contributed by atoms with Gasteiger partial charge in [0.05, 0.1) is 0 Å². The highest BCUT2D eigenvalue weighted by Crippen LogP contribution is 2.09. The lowest BCUT2D eigenvalue weighted by Crippen LogP contribution is -2.24. The van der Waals surface area contributed by atoms with Crippen molar-refractivity contribution in [3.8, 4) is 0 Å². The minimum atomic E-state index is -1.57. The van der Waals surface area contributed by atoms with Crippen molar-refractivity contribution < 1.29 is 15.3 Å². The molecule has 0 aliphatic carbocycles. The molecular formula is C10H22O3. The number of aliphatic hydroxyl groups is 3. The first-order valence-corrected chi connectivity index (χ1v) is 5.22. The second-order valence-electron chi connectivity index (χ2n) is 3.54. The zero-order valence-electron chi connectivity index (χ0n) is 8.45. The van der Waals surface area contributed by atoms with Gasteiger partial charge in [-0.25, -0.2) is 0 Å². The summed E-state index contributed by atoms with van der Waals surface area (Å²) < 4.78 is 0. The van der Waals surface area contributed by atoms with Crippen LogP contribution in [0.5, 0.6) is 0 Å². The summed E-state index contributed by atoms with van der Waals surface area (Å²) in [5, 5.41) is 26.2. The molecule has 13 heavy (non-hydrogen) atoms. The zero-order chi connectivity index (χ0) is 10.1. The van der Waals surface area contributed by atoms with Gasteiger partial charge in [-0.2, -0.15) is 0 Å². The SMILES string of the molecule is CCCCCCCCC(O)C(O)O. The largest absolute Gasteiger partial charge is 0.388 e. The van der Waals surface area contributed by atoms with Crippen LogP contribution in [0.15, 0.2) is 0 Å². The summed E-state index contributed by atoms with van der Waals surface area (Å²) in [6.45, 7) is 2.17. The summed E-state index contributed by atoms with van der Waals surface area (Å²) >= 11 is 0. The van der Waals surface area contributed by atoms with E-state index in [9.17, 15) is 0 Å². The third-order valence-corrected chi connectivity index (χ3v) is 2.20. The van der Waals surface area contributed by atoms with Crippen molar-refractivity contribution in [1.29, 1.82) is 0 Å². The number of aliphatic hydroxyl groups excluding tert-OH is 2. The second kappa shape index (κ2) is 8.48. The average molecular weight is 190 g/mol. The fraction of sp³-hybridized carbons (Fsp3) is 1.00. The summed E-state index contributed by atoms with van der Waals surface area (Å²) in [6, 6.07) is 0. The second-order valence-corrected chi connectivity index (χ2v) is 3.54. The summed E-state index contributed by atoms with van der Waals surface area (Å²) in [4.78, 5) is 0. The molecule has 80 valence electrons. The number of hydrogen-bond donors (Lipinski definition) is 3. The molecule has 0 heterocycles. The monoisotopic (exact) mass is 190 g/mol. The quantitative estimate of drug-likeness (QED) is 0.400. The maximum absolute atomic E-state index is 9.03. The first-order valence-electron chi connectivity index (χ1n) is 5.22. The van der Waals surface area contributed by atoms with Gasteiger partial charge in [-0.15, -0.1) is 0 Å². The highest BCUT2D eigenvalue weighted by molar-refractivity contribution is 4.56. The van der Waals surface area contributed by atoms with Crippen molar-refractivity contribution in [3.63, 3.8) is 0 Å². The summed E-state index contributed by atoms with van der Waals surface area (Å²) in [5.74, 6) is 0. The first kappa shape index (κ1) is 12.9. The van der Waals surface area contributed by atoms with E-state index in [4.69, 9.17) is 15.3 Å². The molecule has 3 N–H and O–H groups in total. The lowest BCUT2D eigenvalue weighted by atomic mass is 10.1. The molecule has 0 spiro atoms. The smallest absolute Gasteiger partial charge is 0.178 e. The normalized spacial score (nSPS) is 13.6. The van der Waals surface area contributed by atoms with Crippen molar-refractivity contribution in [3.05, 3.63) is 0 Å². The van der Waals surface area contributed by atoms with E-state index >= 15 is 0 Å². The van der Waals surface area contributed by atoms with Gasteiger partial charge in [-0.05, 0) is 6.42 Å². The van der Waals surface area contributed by atoms with Crippen LogP contribution >= 0.6 is 0 Å². The van der Waals surface area contributed by atoms with E-state index < -0.39 is 12.4 Å². The summed E-state index contributed by atoms with van der Waals surface area (Å²) in [6.07, 6.45) is 4.83. The highest BCUT2D eigenvalue weighted by Gasteiger charge is 2.10. The molecule has 3 heteroatoms. The molecule has 0 fully saturated rings. The van der Waals surface area contributed by atoms with Gasteiger partial charge in [0.2, 0.25) is 0 Å². The van der Waals surface area contributed by atoms with Crippen molar-refractivity contribution in [1.82, 2.24) is 0 Å². The molecule has 0 aliphatic rings. The Morgan fingerprint density at radius 1 is 0.846 bits per heavy atom. The van der Waals surface area contributed by atoms with Gasteiger partial charge in [-0.3, -0.25) is 0 Å². The van der Waals surface area contributed by atoms with E-state index in [1.165, 1.54) is 25.7 Å². The third-order valence-electron chi connectivity index (χ3n) is 2.20. The van der Waals surface area contributed by atoms with E-state index in [1.54, 1.807) is 0 Å². The Labute approximate surface area is 80.4 Å². The molecule has 3 nitrogen and oxygen atoms in total. The minimum absolute atomic E-state index is 0.490. The number of rotatable bonds is 8. The van der Waals surface area contributed by atoms with Crippen LogP contribution in [0.4, 0.5) is 0 Å². The van der Waals surface area contributed by atoms with Crippen LogP contribution in [0.2, 0.25) is 0 Å². The van der Waals surface area contributed by atoms with E-state index in [1.807, 2.05) is 0 Å². The van der Waals surface area contributed by atoms with Crippen LogP contribution < -0.4 is 0 Å². The molecule has 0 aromatic carbocycles. The van der Waals surface area contributed by atoms with Gasteiger partial charge >= 0.3 is 0 Å². The fourth-order valence-electron chi connectivity index (χ4n) is 1.28. The van der Waals surface area contributed by atoms with Crippen molar-refractivity contribution >= 4 is 0 Å². The summed E-state index contributed by atoms with van der Waals surface area (Å²) in [7, 11) is 0. The Kier molecular flexibility index (Phi) is 8.40. The van der Waals surface area contributed by atoms with Crippen molar-refractivity contribution in [2.75, 3.05) is 0 Å². The highest BCUT2D eigenvalue weighted by atomic mass is 16.5. The maximum atomic E-state index is 9.03. The van der Waals surface area contributed by atoms with Gasteiger partial charge in [0.1, 0.15) is 6.10 Å². The first-order chi connectivity index (χ1) is 6.18. The lowest BCUT2D eigenvalue weighted by Gasteiger charge is -2.11. The Morgan fingerprint density at radius 3 is 1.92 bits per heavy atom. The van der Waals surface area contributed by atoms with Crippen LogP contribution in [0, 0.1) is 0 Å². The van der Waals surface area contributed by atoms with Crippen LogP contribution in [0.3, 0.4) is 0 Å². The van der Waals surface area contributed by atoms with Gasteiger partial charge < -0.3 is 15.3 Å². The van der Waals surface area contributed by atoms with E-state index in [0.29, 0.717) is 6.42 Å². The van der Waals surface area contributed by atoms with Crippen LogP contribution in [-0.4, -0.2) is 27.7 Å². The molecule has 0 radical (unpaired) electrons. The molecule has 0 aliphatic heterocycles. The Hall–Kier alpha value is -0.120. The van der Waals surface area contributed by atoms with E-state index in [-0.39, 0.29) is 0 Å². The molecule has 0 rings (SSSR count). The van der Waals surface area contributed by atoms with E-state index in [2.05, 4.69) is 6.92 Å². The lowest BCUT2D eigenvalue weighted by molar-refractivity contribution is -0.124. The van der Waals surface area contributed by atoms with Crippen LogP contribution in [-0.2, 0) is 0 Å². The van der Waals surface area contributed by atoms with Gasteiger partial charge in [-0.1, -0.05) is 45.4 Å². The van der Waals surface area contributed by atoms with Gasteiger partial charge in [0, 0.05) is 0 Å². The number of unbranched alkanes of at least 4 members (excludes halogenated alkanes) is 5. The molecule has 0 aromatic rings. The molecule has 0 saturated heterocycles. The number of hydrogen-bond acceptors (Lipinski definition) is 3.